The Morgan fingerprint density at radius 1 is 1.24 bits per heavy atom. The minimum Gasteiger partial charge on any atom is -0.319 e. The molecule has 1 saturated heterocycles. The van der Waals surface area contributed by atoms with Crippen molar-refractivity contribution in [2.24, 2.45) is 5.92 Å². The van der Waals surface area contributed by atoms with Crippen molar-refractivity contribution < 1.29 is 9.72 Å². The van der Waals surface area contributed by atoms with Gasteiger partial charge in [0.2, 0.25) is 5.91 Å². The van der Waals surface area contributed by atoms with Gasteiger partial charge in [0, 0.05) is 12.1 Å². The molecule has 2 atom stereocenters. The van der Waals surface area contributed by atoms with Gasteiger partial charge >= 0.3 is 0 Å². The largest absolute Gasteiger partial charge is 0.319 e. The predicted octanol–water partition coefficient (Wildman–Crippen LogP) is 3.80. The Bertz CT molecular complexity index is 672. The van der Waals surface area contributed by atoms with E-state index < -0.39 is 4.92 Å². The lowest BCUT2D eigenvalue weighted by molar-refractivity contribution is -0.384. The van der Waals surface area contributed by atoms with E-state index in [1.165, 1.54) is 38.2 Å². The molecule has 1 N–H and O–H groups in total. The number of nitrogens with zero attached hydrogens (tertiary/aromatic N) is 2. The van der Waals surface area contributed by atoms with Gasteiger partial charge in [-0.25, -0.2) is 0 Å². The fraction of sp³-hybridized carbons (Fsp3) is 0.632. The number of aryl methyl sites for hydroxylation is 1. The number of piperidine rings is 1. The molecule has 0 aromatic heterocycles. The molecular weight excluding hydrogens is 318 g/mol. The third kappa shape index (κ3) is 3.84. The van der Waals surface area contributed by atoms with Crippen molar-refractivity contribution in [1.29, 1.82) is 0 Å². The SMILES string of the molecule is Cc1ccc([N+](=O)[O-])c(NC(=O)CN2CCC[C@H]3CCCC[C@@H]32)c1C. The number of carbonyl (C=O) groups is 1. The Labute approximate surface area is 148 Å². The average molecular weight is 345 g/mol. The number of nitro benzene ring substituents is 1. The fourth-order valence-corrected chi connectivity index (χ4v) is 4.40. The summed E-state index contributed by atoms with van der Waals surface area (Å²) in [6.07, 6.45) is 7.38. The van der Waals surface area contributed by atoms with Crippen LogP contribution in [0.2, 0.25) is 0 Å². The van der Waals surface area contributed by atoms with Crippen LogP contribution >= 0.6 is 0 Å². The highest BCUT2D eigenvalue weighted by atomic mass is 16.6. The van der Waals surface area contributed by atoms with E-state index in [1.807, 2.05) is 13.8 Å². The number of hydrogen-bond acceptors (Lipinski definition) is 4. The third-order valence-electron chi connectivity index (χ3n) is 5.88. The molecule has 1 amide bonds. The zero-order chi connectivity index (χ0) is 18.0. The van der Waals surface area contributed by atoms with Crippen LogP contribution in [0.3, 0.4) is 0 Å². The van der Waals surface area contributed by atoms with Gasteiger partial charge in [0.1, 0.15) is 5.69 Å². The van der Waals surface area contributed by atoms with Crippen molar-refractivity contribution >= 4 is 17.3 Å². The first-order valence-electron chi connectivity index (χ1n) is 9.26. The summed E-state index contributed by atoms with van der Waals surface area (Å²) in [4.78, 5) is 25.8. The number of nitro groups is 1. The second-order valence-electron chi connectivity index (χ2n) is 7.43. The van der Waals surface area contributed by atoms with Crippen molar-refractivity contribution in [1.82, 2.24) is 4.90 Å². The Morgan fingerprint density at radius 3 is 2.72 bits per heavy atom. The van der Waals surface area contributed by atoms with Crippen LogP contribution < -0.4 is 5.32 Å². The van der Waals surface area contributed by atoms with Crippen LogP contribution in [0.15, 0.2) is 12.1 Å². The lowest BCUT2D eigenvalue weighted by atomic mass is 9.78. The lowest BCUT2D eigenvalue weighted by Crippen LogP contribution is -2.49. The van der Waals surface area contributed by atoms with Gasteiger partial charge in [-0.15, -0.1) is 0 Å². The molecule has 1 heterocycles. The van der Waals surface area contributed by atoms with E-state index in [9.17, 15) is 14.9 Å². The molecule has 1 aromatic rings. The maximum Gasteiger partial charge on any atom is 0.293 e. The molecule has 1 aliphatic carbocycles. The fourth-order valence-electron chi connectivity index (χ4n) is 4.40. The van der Waals surface area contributed by atoms with Gasteiger partial charge in [-0.1, -0.05) is 18.9 Å². The molecule has 1 aliphatic heterocycles. The van der Waals surface area contributed by atoms with Crippen LogP contribution in [0.1, 0.15) is 49.7 Å². The average Bonchev–Trinajstić information content (AvgIpc) is 2.59. The molecule has 25 heavy (non-hydrogen) atoms. The molecule has 3 rings (SSSR count). The smallest absolute Gasteiger partial charge is 0.293 e. The number of benzene rings is 1. The summed E-state index contributed by atoms with van der Waals surface area (Å²) >= 11 is 0. The molecule has 0 unspecified atom stereocenters. The van der Waals surface area contributed by atoms with Gasteiger partial charge < -0.3 is 5.32 Å². The van der Waals surface area contributed by atoms with Gasteiger partial charge in [-0.2, -0.15) is 0 Å². The molecule has 0 bridgehead atoms. The Balaban J connectivity index is 1.72. The highest BCUT2D eigenvalue weighted by Gasteiger charge is 2.34. The van der Waals surface area contributed by atoms with E-state index in [0.717, 1.165) is 24.1 Å². The van der Waals surface area contributed by atoms with E-state index in [-0.39, 0.29) is 11.6 Å². The Morgan fingerprint density at radius 2 is 1.96 bits per heavy atom. The van der Waals surface area contributed by atoms with Crippen molar-refractivity contribution in [3.05, 3.63) is 33.4 Å². The Hall–Kier alpha value is -1.95. The summed E-state index contributed by atoms with van der Waals surface area (Å²) in [5.74, 6) is 0.563. The summed E-state index contributed by atoms with van der Waals surface area (Å²) in [6, 6.07) is 3.69. The van der Waals surface area contributed by atoms with Gasteiger partial charge in [0.05, 0.1) is 11.5 Å². The summed E-state index contributed by atoms with van der Waals surface area (Å²) in [7, 11) is 0. The normalized spacial score (nSPS) is 23.8. The molecule has 2 fully saturated rings. The molecule has 136 valence electrons. The van der Waals surface area contributed by atoms with Crippen molar-refractivity contribution in [3.63, 3.8) is 0 Å². The highest BCUT2D eigenvalue weighted by molar-refractivity contribution is 5.95. The third-order valence-corrected chi connectivity index (χ3v) is 5.88. The first kappa shape index (κ1) is 17.9. The van der Waals surface area contributed by atoms with E-state index in [2.05, 4.69) is 10.2 Å². The van der Waals surface area contributed by atoms with Gasteiger partial charge in [-0.3, -0.25) is 19.8 Å². The first-order valence-corrected chi connectivity index (χ1v) is 9.26. The van der Waals surface area contributed by atoms with Crippen molar-refractivity contribution in [2.45, 2.75) is 58.4 Å². The molecule has 2 aliphatic rings. The monoisotopic (exact) mass is 345 g/mol. The van der Waals surface area contributed by atoms with Crippen LogP contribution in [0.5, 0.6) is 0 Å². The van der Waals surface area contributed by atoms with Crippen molar-refractivity contribution in [2.75, 3.05) is 18.4 Å². The second-order valence-corrected chi connectivity index (χ2v) is 7.43. The molecule has 0 spiro atoms. The number of likely N-dealkylation sites (tertiary alicyclic amines) is 1. The summed E-state index contributed by atoms with van der Waals surface area (Å²) < 4.78 is 0. The van der Waals surface area contributed by atoms with Gasteiger partial charge in [-0.05, 0) is 63.1 Å². The molecular formula is C19H27N3O3. The maximum atomic E-state index is 12.6. The predicted molar refractivity (Wildman–Crippen MR) is 97.8 cm³/mol. The summed E-state index contributed by atoms with van der Waals surface area (Å²) in [6.45, 7) is 4.98. The zero-order valence-corrected chi connectivity index (χ0v) is 15.1. The summed E-state index contributed by atoms with van der Waals surface area (Å²) in [5, 5.41) is 14.1. The lowest BCUT2D eigenvalue weighted by Gasteiger charge is -2.43. The van der Waals surface area contributed by atoms with Gasteiger partial charge in [0.25, 0.3) is 5.69 Å². The molecule has 0 radical (unpaired) electrons. The van der Waals surface area contributed by atoms with E-state index in [0.29, 0.717) is 24.2 Å². The van der Waals surface area contributed by atoms with E-state index in [1.54, 1.807) is 6.07 Å². The van der Waals surface area contributed by atoms with Crippen LogP contribution in [0, 0.1) is 29.9 Å². The number of fused-ring (bicyclic) bond motifs is 1. The van der Waals surface area contributed by atoms with Gasteiger partial charge in [0.15, 0.2) is 0 Å². The Kier molecular flexibility index (Phi) is 5.37. The van der Waals surface area contributed by atoms with E-state index in [4.69, 9.17) is 0 Å². The maximum absolute atomic E-state index is 12.6. The van der Waals surface area contributed by atoms with Crippen molar-refractivity contribution in [3.8, 4) is 0 Å². The van der Waals surface area contributed by atoms with E-state index >= 15 is 0 Å². The molecule has 6 heteroatoms. The first-order chi connectivity index (χ1) is 12.0. The number of hydrogen-bond donors (Lipinski definition) is 1. The second kappa shape index (κ2) is 7.52. The van der Waals surface area contributed by atoms with Crippen LogP contribution in [-0.2, 0) is 4.79 Å². The van der Waals surface area contributed by atoms with Crippen LogP contribution in [-0.4, -0.2) is 34.9 Å². The summed E-state index contributed by atoms with van der Waals surface area (Å²) in [5.41, 5.74) is 2.00. The van der Waals surface area contributed by atoms with Crippen LogP contribution in [0.4, 0.5) is 11.4 Å². The highest BCUT2D eigenvalue weighted by Crippen LogP contribution is 2.35. The molecule has 1 aromatic carbocycles. The number of anilines is 1. The number of rotatable bonds is 4. The minimum atomic E-state index is -0.430. The zero-order valence-electron chi connectivity index (χ0n) is 15.1. The van der Waals surface area contributed by atoms with Crippen LogP contribution in [0.25, 0.3) is 0 Å². The topological polar surface area (TPSA) is 75.5 Å². The standard InChI is InChI=1S/C19H27N3O3/c1-13-9-10-17(22(24)25)19(14(13)2)20-18(23)12-21-11-5-7-15-6-3-4-8-16(15)21/h9-10,15-16H,3-8,11-12H2,1-2H3,(H,20,23)/t15-,16+/m1/s1. The quantitative estimate of drug-likeness (QED) is 0.665. The number of carbonyl (C=O) groups excluding carboxylic acids is 1. The number of nitrogens with one attached hydrogen (secondary N) is 1. The molecule has 1 saturated carbocycles. The molecule has 6 nitrogen and oxygen atoms in total. The number of amides is 1. The minimum absolute atomic E-state index is 0.0364.